The SMILES string of the molecule is Cc1ccnc(N(CCC2CCCC2(F)F)Cc2cc(C)[nH]n2)n1. The van der Waals surface area contributed by atoms with Gasteiger partial charge in [-0.1, -0.05) is 0 Å². The van der Waals surface area contributed by atoms with Crippen molar-refractivity contribution in [1.82, 2.24) is 20.2 Å². The molecule has 5 nitrogen and oxygen atoms in total. The van der Waals surface area contributed by atoms with E-state index in [4.69, 9.17) is 0 Å². The minimum absolute atomic E-state index is 0.0111. The number of aryl methyl sites for hydroxylation is 2. The highest BCUT2D eigenvalue weighted by atomic mass is 19.3. The minimum atomic E-state index is -2.54. The molecule has 0 bridgehead atoms. The molecule has 3 rings (SSSR count). The van der Waals surface area contributed by atoms with Gasteiger partial charge in [0.05, 0.1) is 12.2 Å². The zero-order valence-corrected chi connectivity index (χ0v) is 14.1. The second-order valence-corrected chi connectivity index (χ2v) is 6.60. The lowest BCUT2D eigenvalue weighted by molar-refractivity contribution is -0.0386. The van der Waals surface area contributed by atoms with Crippen LogP contribution in [-0.2, 0) is 6.54 Å². The molecule has 1 N–H and O–H groups in total. The van der Waals surface area contributed by atoms with Gasteiger partial charge in [-0.15, -0.1) is 0 Å². The summed E-state index contributed by atoms with van der Waals surface area (Å²) in [5.74, 6) is -2.52. The van der Waals surface area contributed by atoms with Gasteiger partial charge < -0.3 is 4.90 Å². The first-order valence-corrected chi connectivity index (χ1v) is 8.37. The summed E-state index contributed by atoms with van der Waals surface area (Å²) in [5.41, 5.74) is 2.68. The largest absolute Gasteiger partial charge is 0.335 e. The van der Waals surface area contributed by atoms with Crippen molar-refractivity contribution in [3.63, 3.8) is 0 Å². The molecule has 2 aromatic rings. The lowest BCUT2D eigenvalue weighted by atomic mass is 10.0. The van der Waals surface area contributed by atoms with E-state index in [1.54, 1.807) is 6.20 Å². The van der Waals surface area contributed by atoms with E-state index >= 15 is 0 Å². The summed E-state index contributed by atoms with van der Waals surface area (Å²) < 4.78 is 27.8. The van der Waals surface area contributed by atoms with Crippen molar-refractivity contribution in [1.29, 1.82) is 0 Å². The Kier molecular flexibility index (Phi) is 4.78. The fraction of sp³-hybridized carbons (Fsp3) is 0.588. The molecule has 0 amide bonds. The average molecular weight is 335 g/mol. The summed E-state index contributed by atoms with van der Waals surface area (Å²) in [4.78, 5) is 10.7. The van der Waals surface area contributed by atoms with Gasteiger partial charge in [-0.25, -0.2) is 18.7 Å². The first kappa shape index (κ1) is 16.8. The third-order valence-corrected chi connectivity index (χ3v) is 4.58. The Morgan fingerprint density at radius 3 is 2.83 bits per heavy atom. The van der Waals surface area contributed by atoms with Crippen molar-refractivity contribution in [3.8, 4) is 0 Å². The third-order valence-electron chi connectivity index (χ3n) is 4.58. The van der Waals surface area contributed by atoms with E-state index in [1.807, 2.05) is 30.9 Å². The number of anilines is 1. The Morgan fingerprint density at radius 1 is 1.38 bits per heavy atom. The van der Waals surface area contributed by atoms with Crippen molar-refractivity contribution < 1.29 is 8.78 Å². The molecule has 1 unspecified atom stereocenters. The number of alkyl halides is 2. The van der Waals surface area contributed by atoms with Crippen molar-refractivity contribution in [3.05, 3.63) is 35.4 Å². The maximum Gasteiger partial charge on any atom is 0.251 e. The van der Waals surface area contributed by atoms with Gasteiger partial charge in [-0.05, 0) is 45.2 Å². The van der Waals surface area contributed by atoms with E-state index in [1.165, 1.54) is 0 Å². The highest BCUT2D eigenvalue weighted by Gasteiger charge is 2.43. The molecule has 0 saturated heterocycles. The van der Waals surface area contributed by atoms with Crippen LogP contribution in [0.25, 0.3) is 0 Å². The second kappa shape index (κ2) is 6.83. The van der Waals surface area contributed by atoms with E-state index in [2.05, 4.69) is 20.2 Å². The van der Waals surface area contributed by atoms with E-state index < -0.39 is 11.8 Å². The number of halogens is 2. The number of rotatable bonds is 6. The molecule has 0 radical (unpaired) electrons. The molecule has 2 aromatic heterocycles. The van der Waals surface area contributed by atoms with Crippen LogP contribution in [0.15, 0.2) is 18.3 Å². The molecule has 0 aromatic carbocycles. The van der Waals surface area contributed by atoms with Crippen LogP contribution in [0, 0.1) is 19.8 Å². The highest BCUT2D eigenvalue weighted by molar-refractivity contribution is 5.31. The first-order valence-electron chi connectivity index (χ1n) is 8.37. The van der Waals surface area contributed by atoms with Gasteiger partial charge in [0, 0.05) is 36.5 Å². The topological polar surface area (TPSA) is 57.7 Å². The second-order valence-electron chi connectivity index (χ2n) is 6.60. The molecule has 0 aliphatic heterocycles. The fourth-order valence-corrected chi connectivity index (χ4v) is 3.26. The number of hydrogen-bond acceptors (Lipinski definition) is 4. The highest BCUT2D eigenvalue weighted by Crippen LogP contribution is 2.42. The Bertz CT molecular complexity index is 685. The number of H-pyrrole nitrogens is 1. The monoisotopic (exact) mass is 335 g/mol. The van der Waals surface area contributed by atoms with Gasteiger partial charge in [0.25, 0.3) is 5.92 Å². The van der Waals surface area contributed by atoms with Crippen LogP contribution in [0.4, 0.5) is 14.7 Å². The van der Waals surface area contributed by atoms with Crippen molar-refractivity contribution in [2.75, 3.05) is 11.4 Å². The molecule has 1 aliphatic carbocycles. The number of nitrogens with zero attached hydrogens (tertiary/aromatic N) is 4. The molecule has 130 valence electrons. The molecule has 2 heterocycles. The Balaban J connectivity index is 1.74. The van der Waals surface area contributed by atoms with E-state index in [-0.39, 0.29) is 6.42 Å². The van der Waals surface area contributed by atoms with Crippen LogP contribution in [0.1, 0.15) is 42.8 Å². The van der Waals surface area contributed by atoms with Crippen LogP contribution in [0.3, 0.4) is 0 Å². The number of aromatic amines is 1. The van der Waals surface area contributed by atoms with Crippen LogP contribution in [0.2, 0.25) is 0 Å². The van der Waals surface area contributed by atoms with Gasteiger partial charge >= 0.3 is 0 Å². The van der Waals surface area contributed by atoms with E-state index in [9.17, 15) is 8.78 Å². The number of nitrogens with one attached hydrogen (secondary N) is 1. The summed E-state index contributed by atoms with van der Waals surface area (Å²) in [6.45, 7) is 4.83. The maximum atomic E-state index is 13.9. The molecule has 1 fully saturated rings. The van der Waals surface area contributed by atoms with Gasteiger partial charge in [0.2, 0.25) is 5.95 Å². The van der Waals surface area contributed by atoms with E-state index in [0.717, 1.165) is 17.1 Å². The van der Waals surface area contributed by atoms with Crippen molar-refractivity contribution in [2.24, 2.45) is 5.92 Å². The van der Waals surface area contributed by atoms with Crippen molar-refractivity contribution in [2.45, 2.75) is 52.0 Å². The predicted molar refractivity (Wildman–Crippen MR) is 88.0 cm³/mol. The standard InChI is InChI=1S/C17H23F2N5/c1-12-5-8-20-16(21-12)24(11-15-10-13(2)22-23-15)9-6-14-4-3-7-17(14,18)19/h5,8,10,14H,3-4,6-7,9,11H2,1-2H3,(H,22,23). The first-order chi connectivity index (χ1) is 11.4. The molecule has 24 heavy (non-hydrogen) atoms. The lowest BCUT2D eigenvalue weighted by Crippen LogP contribution is -2.31. The molecule has 1 saturated carbocycles. The quantitative estimate of drug-likeness (QED) is 0.875. The molecule has 1 atom stereocenters. The summed E-state index contributed by atoms with van der Waals surface area (Å²) >= 11 is 0. The summed E-state index contributed by atoms with van der Waals surface area (Å²) in [7, 11) is 0. The van der Waals surface area contributed by atoms with Crippen LogP contribution in [0.5, 0.6) is 0 Å². The molecule has 7 heteroatoms. The zero-order chi connectivity index (χ0) is 17.2. The Labute approximate surface area is 140 Å². The normalized spacial score (nSPS) is 19.6. The third kappa shape index (κ3) is 3.88. The van der Waals surface area contributed by atoms with Gasteiger partial charge in [-0.3, -0.25) is 5.10 Å². The van der Waals surface area contributed by atoms with Crippen LogP contribution >= 0.6 is 0 Å². The summed E-state index contributed by atoms with van der Waals surface area (Å²) in [5, 5.41) is 7.15. The van der Waals surface area contributed by atoms with Gasteiger partial charge in [-0.2, -0.15) is 5.10 Å². The maximum absolute atomic E-state index is 13.9. The molecular weight excluding hydrogens is 312 g/mol. The molecular formula is C17H23F2N5. The smallest absolute Gasteiger partial charge is 0.251 e. The fourth-order valence-electron chi connectivity index (χ4n) is 3.26. The average Bonchev–Trinajstić information content (AvgIpc) is 3.08. The predicted octanol–water partition coefficient (Wildman–Crippen LogP) is 3.65. The Hall–Kier alpha value is -2.05. The minimum Gasteiger partial charge on any atom is -0.335 e. The summed E-state index contributed by atoms with van der Waals surface area (Å²) in [6, 6.07) is 3.78. The van der Waals surface area contributed by atoms with Gasteiger partial charge in [0.15, 0.2) is 0 Å². The van der Waals surface area contributed by atoms with Crippen LogP contribution in [-0.4, -0.2) is 32.6 Å². The Morgan fingerprint density at radius 2 is 2.21 bits per heavy atom. The van der Waals surface area contributed by atoms with Gasteiger partial charge in [0.1, 0.15) is 0 Å². The number of hydrogen-bond donors (Lipinski definition) is 1. The van der Waals surface area contributed by atoms with E-state index in [0.29, 0.717) is 38.3 Å². The molecule has 1 aliphatic rings. The van der Waals surface area contributed by atoms with Crippen LogP contribution < -0.4 is 4.90 Å². The van der Waals surface area contributed by atoms with Crippen molar-refractivity contribution >= 4 is 5.95 Å². The summed E-state index contributed by atoms with van der Waals surface area (Å²) in [6.07, 6.45) is 3.35. The zero-order valence-electron chi connectivity index (χ0n) is 14.1. The lowest BCUT2D eigenvalue weighted by Gasteiger charge is -2.25. The molecule has 0 spiro atoms. The number of aromatic nitrogens is 4.